The summed E-state index contributed by atoms with van der Waals surface area (Å²) in [6.45, 7) is 9.95. The molecule has 0 saturated carbocycles. The molecular formula is C26H33NO2S. The van der Waals surface area contributed by atoms with Crippen LogP contribution in [-0.4, -0.2) is 22.9 Å². The molecule has 0 bridgehead atoms. The van der Waals surface area contributed by atoms with Gasteiger partial charge in [-0.3, -0.25) is 4.79 Å². The van der Waals surface area contributed by atoms with E-state index >= 15 is 0 Å². The standard InChI is InChI=1S/C26H33NO2S/c1-5-22-15-21-16-25(30-14-10-13-26(28)29-6-2)23(19(3)4)17-24(21)27(22)18-20-11-8-7-9-12-20/h7-9,11-12,15-17,19H,5-6,10,13-14,18H2,1-4H3. The van der Waals surface area contributed by atoms with Crippen molar-refractivity contribution < 1.29 is 9.53 Å². The van der Waals surface area contributed by atoms with E-state index in [4.69, 9.17) is 4.74 Å². The smallest absolute Gasteiger partial charge is 0.305 e. The van der Waals surface area contributed by atoms with Crippen LogP contribution in [0.2, 0.25) is 0 Å². The number of aryl methyl sites for hydroxylation is 1. The van der Waals surface area contributed by atoms with Crippen LogP contribution in [0.25, 0.3) is 10.9 Å². The molecule has 0 amide bonds. The Hall–Kier alpha value is -2.20. The SMILES string of the molecule is CCOC(=O)CCCSc1cc2cc(CC)n(Cc3ccccc3)c2cc1C(C)C. The number of hydrogen-bond acceptors (Lipinski definition) is 3. The van der Waals surface area contributed by atoms with Crippen LogP contribution in [0, 0.1) is 0 Å². The zero-order valence-corrected chi connectivity index (χ0v) is 19.4. The molecule has 0 fully saturated rings. The number of aromatic nitrogens is 1. The van der Waals surface area contributed by atoms with Crippen molar-refractivity contribution in [3.05, 3.63) is 65.4 Å². The maximum absolute atomic E-state index is 11.6. The monoisotopic (exact) mass is 423 g/mol. The molecule has 3 aromatic rings. The highest BCUT2D eigenvalue weighted by Crippen LogP contribution is 2.35. The first kappa shape index (κ1) is 22.5. The quantitative estimate of drug-likeness (QED) is 0.204. The van der Waals surface area contributed by atoms with Gasteiger partial charge in [0.25, 0.3) is 0 Å². The molecule has 0 atom stereocenters. The first-order valence-corrected chi connectivity index (χ1v) is 12.0. The van der Waals surface area contributed by atoms with Crippen LogP contribution < -0.4 is 0 Å². The van der Waals surface area contributed by atoms with Gasteiger partial charge < -0.3 is 9.30 Å². The molecule has 0 aliphatic heterocycles. The molecule has 4 heteroatoms. The van der Waals surface area contributed by atoms with Crippen molar-refractivity contribution in [2.24, 2.45) is 0 Å². The summed E-state index contributed by atoms with van der Waals surface area (Å²) in [5.74, 6) is 1.28. The lowest BCUT2D eigenvalue weighted by atomic mass is 10.0. The van der Waals surface area contributed by atoms with Crippen LogP contribution in [0.4, 0.5) is 0 Å². The van der Waals surface area contributed by atoms with Crippen LogP contribution >= 0.6 is 11.8 Å². The average molecular weight is 424 g/mol. The topological polar surface area (TPSA) is 31.2 Å². The predicted molar refractivity (Wildman–Crippen MR) is 128 cm³/mol. The maximum atomic E-state index is 11.6. The van der Waals surface area contributed by atoms with Crippen LogP contribution in [0.3, 0.4) is 0 Å². The van der Waals surface area contributed by atoms with Crippen LogP contribution in [0.5, 0.6) is 0 Å². The summed E-state index contributed by atoms with van der Waals surface area (Å²) in [7, 11) is 0. The first-order chi connectivity index (χ1) is 14.5. The largest absolute Gasteiger partial charge is 0.466 e. The summed E-state index contributed by atoms with van der Waals surface area (Å²) in [5.41, 5.74) is 5.40. The molecule has 3 rings (SSSR count). The second kappa shape index (κ2) is 10.7. The Kier molecular flexibility index (Phi) is 8.03. The zero-order chi connectivity index (χ0) is 21.5. The second-order valence-electron chi connectivity index (χ2n) is 7.92. The van der Waals surface area contributed by atoms with Gasteiger partial charge in [0.15, 0.2) is 0 Å². The predicted octanol–water partition coefficient (Wildman–Crippen LogP) is 6.81. The Balaban J connectivity index is 1.86. The first-order valence-electron chi connectivity index (χ1n) is 11.0. The van der Waals surface area contributed by atoms with E-state index in [0.29, 0.717) is 18.9 Å². The van der Waals surface area contributed by atoms with E-state index in [1.807, 2.05) is 18.7 Å². The lowest BCUT2D eigenvalue weighted by Crippen LogP contribution is -2.04. The van der Waals surface area contributed by atoms with Crippen molar-refractivity contribution in [3.63, 3.8) is 0 Å². The number of hydrogen-bond donors (Lipinski definition) is 0. The number of rotatable bonds is 10. The molecule has 0 N–H and O–H groups in total. The van der Waals surface area contributed by atoms with Gasteiger partial charge in [-0.05, 0) is 60.8 Å². The van der Waals surface area contributed by atoms with Crippen LogP contribution in [0.15, 0.2) is 53.4 Å². The van der Waals surface area contributed by atoms with Gasteiger partial charge in [0.1, 0.15) is 0 Å². The molecule has 1 heterocycles. The van der Waals surface area contributed by atoms with E-state index < -0.39 is 0 Å². The molecule has 30 heavy (non-hydrogen) atoms. The summed E-state index contributed by atoms with van der Waals surface area (Å²) in [4.78, 5) is 12.9. The minimum atomic E-state index is -0.0942. The number of thioether (sulfide) groups is 1. The highest BCUT2D eigenvalue weighted by Gasteiger charge is 2.15. The van der Waals surface area contributed by atoms with Crippen molar-refractivity contribution in [1.82, 2.24) is 4.57 Å². The van der Waals surface area contributed by atoms with E-state index in [-0.39, 0.29) is 5.97 Å². The number of nitrogens with zero attached hydrogens (tertiary/aromatic N) is 1. The average Bonchev–Trinajstić information content (AvgIpc) is 3.08. The summed E-state index contributed by atoms with van der Waals surface area (Å²) in [6.07, 6.45) is 2.35. The summed E-state index contributed by atoms with van der Waals surface area (Å²) < 4.78 is 7.50. The Morgan fingerprint density at radius 1 is 1.10 bits per heavy atom. The van der Waals surface area contributed by atoms with Crippen LogP contribution in [0.1, 0.15) is 63.3 Å². The Morgan fingerprint density at radius 2 is 1.87 bits per heavy atom. The highest BCUT2D eigenvalue weighted by atomic mass is 32.2. The molecule has 2 aromatic carbocycles. The molecular weight excluding hydrogens is 390 g/mol. The van der Waals surface area contributed by atoms with E-state index in [2.05, 4.69) is 73.9 Å². The number of fused-ring (bicyclic) bond motifs is 1. The fourth-order valence-corrected chi connectivity index (χ4v) is 5.00. The fraction of sp³-hybridized carbons (Fsp3) is 0.423. The third-order valence-corrected chi connectivity index (χ3v) is 6.53. The molecule has 0 saturated heterocycles. The minimum absolute atomic E-state index is 0.0942. The van der Waals surface area contributed by atoms with Gasteiger partial charge in [-0.15, -0.1) is 11.8 Å². The lowest BCUT2D eigenvalue weighted by molar-refractivity contribution is -0.143. The Morgan fingerprint density at radius 3 is 2.53 bits per heavy atom. The van der Waals surface area contributed by atoms with Crippen molar-refractivity contribution in [2.45, 2.75) is 64.3 Å². The van der Waals surface area contributed by atoms with Crippen molar-refractivity contribution in [3.8, 4) is 0 Å². The van der Waals surface area contributed by atoms with Gasteiger partial charge in [-0.1, -0.05) is 51.1 Å². The third-order valence-electron chi connectivity index (χ3n) is 5.37. The Bertz CT molecular complexity index is 976. The van der Waals surface area contributed by atoms with E-state index in [1.165, 1.54) is 32.6 Å². The van der Waals surface area contributed by atoms with E-state index in [0.717, 1.165) is 25.1 Å². The molecule has 1 aromatic heterocycles. The normalized spacial score (nSPS) is 11.4. The zero-order valence-electron chi connectivity index (χ0n) is 18.6. The van der Waals surface area contributed by atoms with E-state index in [9.17, 15) is 4.79 Å². The maximum Gasteiger partial charge on any atom is 0.305 e. The number of ether oxygens (including phenoxy) is 1. The molecule has 160 valence electrons. The third kappa shape index (κ3) is 5.48. The number of carbonyl (C=O) groups is 1. The summed E-state index contributed by atoms with van der Waals surface area (Å²) >= 11 is 1.86. The fourth-order valence-electron chi connectivity index (χ4n) is 3.82. The number of benzene rings is 2. The lowest BCUT2D eigenvalue weighted by Gasteiger charge is -2.15. The molecule has 0 aliphatic rings. The number of esters is 1. The van der Waals surface area contributed by atoms with Crippen molar-refractivity contribution in [1.29, 1.82) is 0 Å². The van der Waals surface area contributed by atoms with Gasteiger partial charge in [0, 0.05) is 34.5 Å². The van der Waals surface area contributed by atoms with E-state index in [1.54, 1.807) is 0 Å². The second-order valence-corrected chi connectivity index (χ2v) is 9.06. The van der Waals surface area contributed by atoms with Gasteiger partial charge in [0.2, 0.25) is 0 Å². The summed E-state index contributed by atoms with van der Waals surface area (Å²) in [6, 6.07) is 17.8. The molecule has 0 unspecified atom stereocenters. The minimum Gasteiger partial charge on any atom is -0.466 e. The molecule has 0 aliphatic carbocycles. The molecule has 0 radical (unpaired) electrons. The molecule has 3 nitrogen and oxygen atoms in total. The highest BCUT2D eigenvalue weighted by molar-refractivity contribution is 7.99. The van der Waals surface area contributed by atoms with Gasteiger partial charge >= 0.3 is 5.97 Å². The van der Waals surface area contributed by atoms with Gasteiger partial charge in [0.05, 0.1) is 6.61 Å². The van der Waals surface area contributed by atoms with Crippen LogP contribution in [-0.2, 0) is 22.5 Å². The Labute approximate surface area is 184 Å². The van der Waals surface area contributed by atoms with Crippen molar-refractivity contribution >= 4 is 28.6 Å². The van der Waals surface area contributed by atoms with Gasteiger partial charge in [-0.2, -0.15) is 0 Å². The summed E-state index contributed by atoms with van der Waals surface area (Å²) in [5, 5.41) is 1.31. The molecule has 0 spiro atoms. The van der Waals surface area contributed by atoms with Gasteiger partial charge in [-0.25, -0.2) is 0 Å². The number of carbonyl (C=O) groups excluding carboxylic acids is 1. The van der Waals surface area contributed by atoms with Crippen molar-refractivity contribution in [2.75, 3.05) is 12.4 Å².